The molecular weight excluding hydrogens is 460 g/mol. The van der Waals surface area contributed by atoms with Crippen LogP contribution in [0.15, 0.2) is 52.3 Å². The van der Waals surface area contributed by atoms with Crippen LogP contribution in [0, 0.1) is 5.92 Å². The van der Waals surface area contributed by atoms with Crippen molar-refractivity contribution in [1.29, 1.82) is 0 Å². The third-order valence-corrected chi connectivity index (χ3v) is 8.12. The number of nitrogens with one attached hydrogen (secondary N) is 1. The number of phenols is 1. The summed E-state index contributed by atoms with van der Waals surface area (Å²) < 4.78 is 5.23. The number of fused-ring (bicyclic) bond motifs is 2. The Hall–Kier alpha value is -2.75. The van der Waals surface area contributed by atoms with Crippen molar-refractivity contribution < 1.29 is 19.4 Å². The van der Waals surface area contributed by atoms with E-state index in [1.807, 2.05) is 0 Å². The van der Waals surface area contributed by atoms with Gasteiger partial charge in [-0.1, -0.05) is 40.8 Å². The Morgan fingerprint density at radius 2 is 1.84 bits per heavy atom. The van der Waals surface area contributed by atoms with E-state index in [1.54, 1.807) is 36.4 Å². The first-order chi connectivity index (χ1) is 14.9. The van der Waals surface area contributed by atoms with Crippen LogP contribution in [-0.2, 0) is 9.59 Å². The molecule has 31 heavy (non-hydrogen) atoms. The molecule has 1 fully saturated rings. The highest BCUT2D eigenvalue weighted by Crippen LogP contribution is 2.53. The van der Waals surface area contributed by atoms with Crippen molar-refractivity contribution in [3.8, 4) is 11.5 Å². The van der Waals surface area contributed by atoms with Crippen LogP contribution in [0.25, 0.3) is 0 Å². The first-order valence-corrected chi connectivity index (χ1v) is 11.4. The highest BCUT2D eigenvalue weighted by atomic mass is 35.5. The molecule has 3 aromatic rings. The van der Waals surface area contributed by atoms with Gasteiger partial charge in [0.2, 0.25) is 11.8 Å². The molecule has 3 heterocycles. The van der Waals surface area contributed by atoms with Crippen LogP contribution in [0.5, 0.6) is 11.5 Å². The van der Waals surface area contributed by atoms with Crippen LogP contribution in [0.2, 0.25) is 5.02 Å². The number of methoxy groups -OCH3 is 1. The normalized spacial score (nSPS) is 22.4. The quantitative estimate of drug-likeness (QED) is 0.563. The smallest absolute Gasteiger partial charge is 0.305 e. The average Bonchev–Trinajstić information content (AvgIpc) is 3.24. The third kappa shape index (κ3) is 3.15. The number of halogens is 1. The van der Waals surface area contributed by atoms with E-state index in [2.05, 4.69) is 4.98 Å². The summed E-state index contributed by atoms with van der Waals surface area (Å²) in [6.45, 7) is 0. The first kappa shape index (κ1) is 20.2. The fourth-order valence-corrected chi connectivity index (χ4v) is 6.75. The van der Waals surface area contributed by atoms with E-state index in [0.29, 0.717) is 26.2 Å². The largest absolute Gasteiger partial charge is 0.504 e. The topological polar surface area (TPSA) is 99.7 Å². The lowest BCUT2D eigenvalue weighted by molar-refractivity contribution is -0.122. The highest BCUT2D eigenvalue weighted by molar-refractivity contribution is 8.00. The zero-order valence-corrected chi connectivity index (χ0v) is 18.4. The van der Waals surface area contributed by atoms with Gasteiger partial charge in [-0.2, -0.15) is 0 Å². The number of carbonyl (C=O) groups is 2. The lowest BCUT2D eigenvalue weighted by Crippen LogP contribution is -2.32. The number of ether oxygens (including phenoxy) is 1. The number of phenolic OH excluding ortho intramolecular Hbond substituents is 1. The first-order valence-electron chi connectivity index (χ1n) is 9.29. The Labute approximate surface area is 189 Å². The predicted octanol–water partition coefficient (Wildman–Crippen LogP) is 3.60. The summed E-state index contributed by atoms with van der Waals surface area (Å²) in [5.74, 6) is -1.70. The van der Waals surface area contributed by atoms with Crippen molar-refractivity contribution >= 4 is 52.2 Å². The summed E-state index contributed by atoms with van der Waals surface area (Å²) in [5.41, 5.74) is 1.13. The maximum atomic E-state index is 13.6. The van der Waals surface area contributed by atoms with Gasteiger partial charge in [-0.3, -0.25) is 14.4 Å². The number of anilines is 1. The minimum absolute atomic E-state index is 0.0351. The van der Waals surface area contributed by atoms with Crippen molar-refractivity contribution in [2.24, 2.45) is 5.92 Å². The average molecular weight is 475 g/mol. The molecule has 2 aromatic carbocycles. The Bertz CT molecular complexity index is 1270. The van der Waals surface area contributed by atoms with Crippen LogP contribution >= 0.6 is 34.7 Å². The van der Waals surface area contributed by atoms with Gasteiger partial charge in [0.05, 0.1) is 23.7 Å². The van der Waals surface area contributed by atoms with Crippen molar-refractivity contribution in [3.05, 3.63) is 67.6 Å². The fraction of sp³-hybridized carbons (Fsp3) is 0.190. The van der Waals surface area contributed by atoms with E-state index in [4.69, 9.17) is 16.3 Å². The number of amides is 2. The van der Waals surface area contributed by atoms with E-state index in [1.165, 1.54) is 29.8 Å². The van der Waals surface area contributed by atoms with Gasteiger partial charge in [0, 0.05) is 15.8 Å². The van der Waals surface area contributed by atoms with Gasteiger partial charge >= 0.3 is 4.87 Å². The van der Waals surface area contributed by atoms with E-state index >= 15 is 0 Å². The zero-order valence-electron chi connectivity index (χ0n) is 16.0. The van der Waals surface area contributed by atoms with Gasteiger partial charge in [-0.05, 0) is 42.0 Å². The number of hydrogen-bond acceptors (Lipinski definition) is 7. The number of aromatic hydroxyl groups is 1. The summed E-state index contributed by atoms with van der Waals surface area (Å²) >= 11 is 8.20. The summed E-state index contributed by atoms with van der Waals surface area (Å²) in [6.07, 6.45) is 0. The molecule has 1 saturated heterocycles. The Kier molecular flexibility index (Phi) is 4.84. The molecule has 2 aliphatic rings. The Morgan fingerprint density at radius 3 is 2.55 bits per heavy atom. The number of rotatable bonds is 3. The molecule has 10 heteroatoms. The predicted molar refractivity (Wildman–Crippen MR) is 119 cm³/mol. The summed E-state index contributed by atoms with van der Waals surface area (Å²) in [7, 11) is 1.44. The van der Waals surface area contributed by atoms with E-state index in [9.17, 15) is 19.5 Å². The number of benzene rings is 2. The number of aromatic amines is 1. The summed E-state index contributed by atoms with van der Waals surface area (Å²) in [6, 6.07) is 11.3. The van der Waals surface area contributed by atoms with Crippen molar-refractivity contribution in [2.45, 2.75) is 16.2 Å². The van der Waals surface area contributed by atoms with Crippen molar-refractivity contribution in [3.63, 3.8) is 0 Å². The van der Waals surface area contributed by atoms with Gasteiger partial charge in [0.25, 0.3) is 0 Å². The second kappa shape index (κ2) is 7.44. The number of thioether (sulfide) groups is 1. The number of imide groups is 1. The molecule has 3 atom stereocenters. The molecule has 2 aliphatic heterocycles. The number of nitrogens with zero attached hydrogens (tertiary/aromatic N) is 1. The van der Waals surface area contributed by atoms with Gasteiger partial charge in [-0.25, -0.2) is 4.90 Å². The van der Waals surface area contributed by atoms with Crippen molar-refractivity contribution in [1.82, 2.24) is 4.98 Å². The van der Waals surface area contributed by atoms with Gasteiger partial charge in [-0.15, -0.1) is 0 Å². The third-order valence-electron chi connectivity index (χ3n) is 5.47. The molecule has 0 aliphatic carbocycles. The molecule has 7 nitrogen and oxygen atoms in total. The second-order valence-corrected chi connectivity index (χ2v) is 9.77. The molecule has 2 amide bonds. The minimum Gasteiger partial charge on any atom is -0.504 e. The Morgan fingerprint density at radius 1 is 1.10 bits per heavy atom. The number of hydrogen-bond donors (Lipinski definition) is 2. The van der Waals surface area contributed by atoms with E-state index < -0.39 is 17.1 Å². The highest BCUT2D eigenvalue weighted by Gasteiger charge is 2.56. The van der Waals surface area contributed by atoms with Gasteiger partial charge < -0.3 is 14.8 Å². The van der Waals surface area contributed by atoms with E-state index in [-0.39, 0.29) is 28.2 Å². The fourth-order valence-electron chi connectivity index (χ4n) is 4.11. The van der Waals surface area contributed by atoms with Crippen LogP contribution in [0.3, 0.4) is 0 Å². The monoisotopic (exact) mass is 474 g/mol. The molecule has 1 aromatic heterocycles. The molecule has 5 rings (SSSR count). The number of thiazole rings is 1. The van der Waals surface area contributed by atoms with Crippen LogP contribution < -0.4 is 14.5 Å². The molecule has 0 spiro atoms. The lowest BCUT2D eigenvalue weighted by atomic mass is 9.83. The van der Waals surface area contributed by atoms with Crippen LogP contribution in [0.1, 0.15) is 16.4 Å². The SMILES string of the molecule is COc1cc([C@H]2c3sc(=O)[nH]c3SC3C(=O)N(c4ccc(Cl)cc4)C(=O)C32)ccc1O. The second-order valence-electron chi connectivity index (χ2n) is 7.17. The molecule has 158 valence electrons. The molecule has 2 unspecified atom stereocenters. The summed E-state index contributed by atoms with van der Waals surface area (Å²) in [4.78, 5) is 43.4. The molecule has 0 bridgehead atoms. The van der Waals surface area contributed by atoms with Gasteiger partial charge in [0.15, 0.2) is 11.5 Å². The van der Waals surface area contributed by atoms with E-state index in [0.717, 1.165) is 11.3 Å². The van der Waals surface area contributed by atoms with Crippen LogP contribution in [0.4, 0.5) is 5.69 Å². The lowest BCUT2D eigenvalue weighted by Gasteiger charge is -2.30. The molecule has 2 N–H and O–H groups in total. The Balaban J connectivity index is 1.66. The van der Waals surface area contributed by atoms with Crippen molar-refractivity contribution in [2.75, 3.05) is 12.0 Å². The maximum absolute atomic E-state index is 13.6. The standard InChI is InChI=1S/C21H15ClN2O5S2/c1-29-13-8-9(2-7-12(13)25)14-15-17(30-18-16(14)31-21(28)23-18)20(27)24(19(15)26)11-5-3-10(22)4-6-11/h2-8,14-15,17,25H,1H3,(H,23,28)/t14-,15?,17?/m1/s1. The zero-order chi connectivity index (χ0) is 21.9. The molecule has 0 radical (unpaired) electrons. The maximum Gasteiger partial charge on any atom is 0.305 e. The number of carbonyl (C=O) groups excluding carboxylic acids is 2. The van der Waals surface area contributed by atoms with Gasteiger partial charge in [0.1, 0.15) is 5.25 Å². The minimum atomic E-state index is -0.707. The summed E-state index contributed by atoms with van der Waals surface area (Å²) in [5, 5.41) is 10.4. The number of aromatic nitrogens is 1. The molecular formula is C21H15ClN2O5S2. The molecule has 0 saturated carbocycles. The number of H-pyrrole nitrogens is 1. The van der Waals surface area contributed by atoms with Crippen LogP contribution in [-0.4, -0.2) is 34.3 Å².